The first-order valence-corrected chi connectivity index (χ1v) is 10.8. The van der Waals surface area contributed by atoms with Crippen molar-refractivity contribution in [2.75, 3.05) is 26.5 Å². The van der Waals surface area contributed by atoms with Gasteiger partial charge in [-0.2, -0.15) is 0 Å². The summed E-state index contributed by atoms with van der Waals surface area (Å²) < 4.78 is 44.3. The molecule has 0 bridgehead atoms. The van der Waals surface area contributed by atoms with E-state index in [0.717, 1.165) is 14.7 Å². The SMILES string of the molecule is COc1ccc(NC(=O)c2ccc(-c3ccc(F)cc3)s2)cc1S(=O)(=O)N(C)C. The maximum atomic E-state index is 13.1. The molecular weight excluding hydrogens is 415 g/mol. The summed E-state index contributed by atoms with van der Waals surface area (Å²) in [6.07, 6.45) is 0. The van der Waals surface area contributed by atoms with Gasteiger partial charge in [-0.05, 0) is 48.0 Å². The van der Waals surface area contributed by atoms with Crippen LogP contribution in [-0.2, 0) is 10.0 Å². The topological polar surface area (TPSA) is 75.7 Å². The Bertz CT molecular complexity index is 1140. The van der Waals surface area contributed by atoms with Crippen molar-refractivity contribution in [1.29, 1.82) is 0 Å². The Hall–Kier alpha value is -2.75. The van der Waals surface area contributed by atoms with Gasteiger partial charge in [-0.25, -0.2) is 17.1 Å². The second-order valence-electron chi connectivity index (χ2n) is 6.28. The first-order chi connectivity index (χ1) is 13.7. The van der Waals surface area contributed by atoms with Gasteiger partial charge >= 0.3 is 0 Å². The number of sulfonamides is 1. The van der Waals surface area contributed by atoms with E-state index in [1.54, 1.807) is 30.3 Å². The minimum absolute atomic E-state index is 0.0408. The molecule has 1 N–H and O–H groups in total. The number of nitrogens with zero attached hydrogens (tertiary/aromatic N) is 1. The highest BCUT2D eigenvalue weighted by atomic mass is 32.2. The van der Waals surface area contributed by atoms with Crippen molar-refractivity contribution in [1.82, 2.24) is 4.31 Å². The summed E-state index contributed by atoms with van der Waals surface area (Å²) in [6, 6.07) is 13.9. The molecule has 0 aliphatic rings. The van der Waals surface area contributed by atoms with Crippen LogP contribution in [0.25, 0.3) is 10.4 Å². The van der Waals surface area contributed by atoms with Gasteiger partial charge in [0.15, 0.2) is 0 Å². The van der Waals surface area contributed by atoms with Crippen LogP contribution >= 0.6 is 11.3 Å². The molecule has 0 aliphatic carbocycles. The summed E-state index contributed by atoms with van der Waals surface area (Å²) in [6.45, 7) is 0. The van der Waals surface area contributed by atoms with Crippen LogP contribution in [0.4, 0.5) is 10.1 Å². The lowest BCUT2D eigenvalue weighted by Crippen LogP contribution is -2.23. The Balaban J connectivity index is 1.85. The standard InChI is InChI=1S/C20H19FN2O4S2/c1-23(2)29(25,26)19-12-15(8-9-16(19)27-3)22-20(24)18-11-10-17(28-18)13-4-6-14(21)7-5-13/h4-12H,1-3H3,(H,22,24). The number of carbonyl (C=O) groups is 1. The third-order valence-electron chi connectivity index (χ3n) is 4.14. The van der Waals surface area contributed by atoms with Crippen LogP contribution in [0.3, 0.4) is 0 Å². The third kappa shape index (κ3) is 4.47. The van der Waals surface area contributed by atoms with E-state index in [1.807, 2.05) is 0 Å². The van der Waals surface area contributed by atoms with Gasteiger partial charge in [-0.1, -0.05) is 12.1 Å². The lowest BCUT2D eigenvalue weighted by molar-refractivity contribution is 0.103. The van der Waals surface area contributed by atoms with E-state index < -0.39 is 10.0 Å². The molecule has 3 rings (SSSR count). The molecule has 0 saturated carbocycles. The summed E-state index contributed by atoms with van der Waals surface area (Å²) >= 11 is 1.26. The van der Waals surface area contributed by atoms with E-state index in [9.17, 15) is 17.6 Å². The summed E-state index contributed by atoms with van der Waals surface area (Å²) in [7, 11) is 0.469. The second kappa shape index (κ2) is 8.32. The average Bonchev–Trinajstić information content (AvgIpc) is 3.18. The predicted octanol–water partition coefficient (Wildman–Crippen LogP) is 4.07. The van der Waals surface area contributed by atoms with Crippen molar-refractivity contribution < 1.29 is 22.3 Å². The van der Waals surface area contributed by atoms with E-state index in [0.29, 0.717) is 10.6 Å². The van der Waals surface area contributed by atoms with Crippen molar-refractivity contribution >= 4 is 33.0 Å². The second-order valence-corrected chi connectivity index (χ2v) is 9.48. The molecule has 152 valence electrons. The number of methoxy groups -OCH3 is 1. The zero-order chi connectivity index (χ0) is 21.2. The highest BCUT2D eigenvalue weighted by Crippen LogP contribution is 2.31. The number of anilines is 1. The molecule has 0 aliphatic heterocycles. The minimum Gasteiger partial charge on any atom is -0.495 e. The molecule has 1 aromatic heterocycles. The van der Waals surface area contributed by atoms with Crippen LogP contribution in [0.15, 0.2) is 59.5 Å². The molecule has 1 heterocycles. The van der Waals surface area contributed by atoms with Crippen LogP contribution < -0.4 is 10.1 Å². The number of ether oxygens (including phenoxy) is 1. The number of amides is 1. The van der Waals surface area contributed by atoms with E-state index in [1.165, 1.54) is 56.8 Å². The largest absolute Gasteiger partial charge is 0.495 e. The highest BCUT2D eigenvalue weighted by Gasteiger charge is 2.23. The molecule has 0 atom stereocenters. The van der Waals surface area contributed by atoms with Crippen molar-refractivity contribution in [2.24, 2.45) is 0 Å². The predicted molar refractivity (Wildman–Crippen MR) is 112 cm³/mol. The summed E-state index contributed by atoms with van der Waals surface area (Å²) in [5, 5.41) is 2.71. The van der Waals surface area contributed by atoms with Crippen LogP contribution in [0, 0.1) is 5.82 Å². The average molecular weight is 435 g/mol. The number of thiophene rings is 1. The molecule has 0 fully saturated rings. The Labute approximate surface area is 172 Å². The summed E-state index contributed by atoms with van der Waals surface area (Å²) in [5.41, 5.74) is 1.13. The third-order valence-corrected chi connectivity index (χ3v) is 7.11. The fraction of sp³-hybridized carbons (Fsp3) is 0.150. The molecule has 9 heteroatoms. The van der Waals surface area contributed by atoms with Crippen molar-refractivity contribution in [3.8, 4) is 16.2 Å². The molecular formula is C20H19FN2O4S2. The zero-order valence-electron chi connectivity index (χ0n) is 16.0. The Kier molecular flexibility index (Phi) is 6.02. The van der Waals surface area contributed by atoms with Gasteiger partial charge in [0.05, 0.1) is 12.0 Å². The smallest absolute Gasteiger partial charge is 0.265 e. The van der Waals surface area contributed by atoms with Crippen LogP contribution in [0.5, 0.6) is 5.75 Å². The van der Waals surface area contributed by atoms with Gasteiger partial charge in [-0.15, -0.1) is 11.3 Å². The number of hydrogen-bond acceptors (Lipinski definition) is 5. The molecule has 1 amide bonds. The van der Waals surface area contributed by atoms with Crippen molar-refractivity contribution in [2.45, 2.75) is 4.90 Å². The van der Waals surface area contributed by atoms with Crippen LogP contribution in [0.2, 0.25) is 0 Å². The quantitative estimate of drug-likeness (QED) is 0.635. The lowest BCUT2D eigenvalue weighted by Gasteiger charge is -2.15. The van der Waals surface area contributed by atoms with Gasteiger partial charge in [0.1, 0.15) is 16.5 Å². The normalized spacial score (nSPS) is 11.5. The van der Waals surface area contributed by atoms with Crippen molar-refractivity contribution in [3.63, 3.8) is 0 Å². The first kappa shape index (κ1) is 21.0. The Morgan fingerprint density at radius 1 is 1.07 bits per heavy atom. The molecule has 0 radical (unpaired) electrons. The van der Waals surface area contributed by atoms with E-state index in [-0.39, 0.29) is 22.4 Å². The maximum Gasteiger partial charge on any atom is 0.265 e. The number of hydrogen-bond donors (Lipinski definition) is 1. The van der Waals surface area contributed by atoms with Gasteiger partial charge in [0.2, 0.25) is 10.0 Å². The zero-order valence-corrected chi connectivity index (χ0v) is 17.6. The van der Waals surface area contributed by atoms with E-state index >= 15 is 0 Å². The van der Waals surface area contributed by atoms with E-state index in [4.69, 9.17) is 4.74 Å². The molecule has 2 aromatic carbocycles. The molecule has 0 unspecified atom stereocenters. The van der Waals surface area contributed by atoms with Crippen LogP contribution in [-0.4, -0.2) is 39.8 Å². The number of halogens is 1. The monoisotopic (exact) mass is 434 g/mol. The molecule has 3 aromatic rings. The van der Waals surface area contributed by atoms with Gasteiger partial charge in [0, 0.05) is 24.7 Å². The number of carbonyl (C=O) groups excluding carboxylic acids is 1. The first-order valence-electron chi connectivity index (χ1n) is 8.50. The fourth-order valence-electron chi connectivity index (χ4n) is 2.57. The van der Waals surface area contributed by atoms with E-state index in [2.05, 4.69) is 5.32 Å². The molecule has 29 heavy (non-hydrogen) atoms. The van der Waals surface area contributed by atoms with Crippen LogP contribution in [0.1, 0.15) is 9.67 Å². The highest BCUT2D eigenvalue weighted by molar-refractivity contribution is 7.89. The minimum atomic E-state index is -3.75. The van der Waals surface area contributed by atoms with Gasteiger partial charge in [-0.3, -0.25) is 4.79 Å². The van der Waals surface area contributed by atoms with Gasteiger partial charge < -0.3 is 10.1 Å². The maximum absolute atomic E-state index is 13.1. The molecule has 6 nitrogen and oxygen atoms in total. The molecule has 0 spiro atoms. The number of benzene rings is 2. The van der Waals surface area contributed by atoms with Crippen molar-refractivity contribution in [3.05, 3.63) is 65.3 Å². The Morgan fingerprint density at radius 3 is 2.38 bits per heavy atom. The number of rotatable bonds is 6. The Morgan fingerprint density at radius 2 is 1.76 bits per heavy atom. The summed E-state index contributed by atoms with van der Waals surface area (Å²) in [5.74, 6) is -0.514. The lowest BCUT2D eigenvalue weighted by atomic mass is 10.2. The fourth-order valence-corrected chi connectivity index (χ4v) is 4.56. The number of nitrogens with one attached hydrogen (secondary N) is 1. The summed E-state index contributed by atoms with van der Waals surface area (Å²) in [4.78, 5) is 13.8. The molecule has 0 saturated heterocycles. The van der Waals surface area contributed by atoms with Gasteiger partial charge in [0.25, 0.3) is 5.91 Å².